The molecule has 0 aliphatic carbocycles. The standard InChI is InChI=1S/C28H21N4O.Pt/c1-28(2,25-13-10-18-6-5-9-24(33)27(18)31-25)19-11-12-21-20-7-3-4-8-22(20)32(23(21)16-19)26-17-29-14-15-30-26;/h3-15,17,33H,1-2H3;/q-1;. The van der Waals surface area contributed by atoms with E-state index >= 15 is 0 Å². The first-order valence-electron chi connectivity index (χ1n) is 10.9. The summed E-state index contributed by atoms with van der Waals surface area (Å²) in [5, 5.41) is 13.5. The zero-order valence-corrected chi connectivity index (χ0v) is 20.9. The average Bonchev–Trinajstić information content (AvgIpc) is 3.18. The van der Waals surface area contributed by atoms with Crippen molar-refractivity contribution in [3.8, 4) is 11.6 Å². The summed E-state index contributed by atoms with van der Waals surface area (Å²) in [6.45, 7) is 4.27. The molecule has 0 amide bonds. The van der Waals surface area contributed by atoms with E-state index in [1.807, 2.05) is 36.4 Å². The molecule has 3 aromatic carbocycles. The molecular weight excluding hydrogens is 603 g/mol. The zero-order valence-electron chi connectivity index (χ0n) is 18.6. The smallest absolute Gasteiger partial charge is 0.154 e. The third-order valence-corrected chi connectivity index (χ3v) is 6.37. The van der Waals surface area contributed by atoms with Crippen molar-refractivity contribution < 1.29 is 26.2 Å². The Kier molecular flexibility index (Phi) is 5.45. The Labute approximate surface area is 211 Å². The van der Waals surface area contributed by atoms with Crippen LogP contribution in [0.4, 0.5) is 0 Å². The SMILES string of the molecule is CC(C)(c1[c-]c2c(cc1)c1ccccc1n2-c1cnccn1)c1ccc2cccc(O)c2n1.[Pt]. The molecule has 0 atom stereocenters. The fraction of sp³-hybridized carbons (Fsp3) is 0.107. The van der Waals surface area contributed by atoms with Crippen LogP contribution in [0.3, 0.4) is 0 Å². The molecule has 6 rings (SSSR count). The third-order valence-electron chi connectivity index (χ3n) is 6.37. The minimum atomic E-state index is -0.436. The Morgan fingerprint density at radius 2 is 1.74 bits per heavy atom. The van der Waals surface area contributed by atoms with Crippen molar-refractivity contribution in [2.75, 3.05) is 0 Å². The summed E-state index contributed by atoms with van der Waals surface area (Å²) in [7, 11) is 0. The number of aromatic nitrogens is 4. The Morgan fingerprint density at radius 1 is 0.882 bits per heavy atom. The number of para-hydroxylation sites is 2. The quantitative estimate of drug-likeness (QED) is 0.247. The number of benzene rings is 3. The van der Waals surface area contributed by atoms with Gasteiger partial charge in [-0.15, -0.1) is 10.9 Å². The summed E-state index contributed by atoms with van der Waals surface area (Å²) in [5.74, 6) is 0.941. The van der Waals surface area contributed by atoms with Crippen LogP contribution in [-0.2, 0) is 26.5 Å². The van der Waals surface area contributed by atoms with E-state index in [4.69, 9.17) is 4.98 Å². The summed E-state index contributed by atoms with van der Waals surface area (Å²) in [6.07, 6.45) is 5.15. The van der Waals surface area contributed by atoms with Crippen molar-refractivity contribution in [3.05, 3.63) is 103 Å². The molecule has 34 heavy (non-hydrogen) atoms. The van der Waals surface area contributed by atoms with Crippen molar-refractivity contribution in [1.82, 2.24) is 19.5 Å². The molecule has 0 saturated heterocycles. The van der Waals surface area contributed by atoms with Gasteiger partial charge >= 0.3 is 0 Å². The number of aromatic hydroxyl groups is 1. The molecule has 3 aromatic heterocycles. The second kappa shape index (κ2) is 8.34. The number of nitrogens with zero attached hydrogens (tertiary/aromatic N) is 4. The van der Waals surface area contributed by atoms with Crippen molar-refractivity contribution in [1.29, 1.82) is 0 Å². The molecule has 6 heteroatoms. The number of phenols is 1. The third kappa shape index (κ3) is 3.39. The maximum atomic E-state index is 10.3. The predicted octanol–water partition coefficient (Wildman–Crippen LogP) is 5.95. The van der Waals surface area contributed by atoms with E-state index in [1.54, 1.807) is 24.7 Å². The van der Waals surface area contributed by atoms with Crippen LogP contribution in [0.5, 0.6) is 5.75 Å². The maximum Gasteiger partial charge on any atom is 0.154 e. The fourth-order valence-corrected chi connectivity index (χ4v) is 4.52. The molecular formula is C28H21N4OPt-. The topological polar surface area (TPSA) is 63.8 Å². The van der Waals surface area contributed by atoms with Crippen LogP contribution in [0.1, 0.15) is 25.1 Å². The van der Waals surface area contributed by atoms with Crippen LogP contribution in [0.2, 0.25) is 0 Å². The molecule has 0 spiro atoms. The molecule has 6 aromatic rings. The molecule has 0 aliphatic heterocycles. The second-order valence-corrected chi connectivity index (χ2v) is 8.72. The van der Waals surface area contributed by atoms with Gasteiger partial charge in [-0.2, -0.15) is 18.2 Å². The van der Waals surface area contributed by atoms with Crippen LogP contribution in [0.15, 0.2) is 85.3 Å². The number of fused-ring (bicyclic) bond motifs is 4. The Balaban J connectivity index is 0.00000241. The van der Waals surface area contributed by atoms with E-state index in [9.17, 15) is 5.11 Å². The van der Waals surface area contributed by atoms with Crippen LogP contribution < -0.4 is 0 Å². The van der Waals surface area contributed by atoms with Gasteiger partial charge in [-0.3, -0.25) is 4.98 Å². The van der Waals surface area contributed by atoms with Gasteiger partial charge in [-0.25, -0.2) is 9.97 Å². The molecule has 0 aliphatic rings. The molecule has 0 radical (unpaired) electrons. The molecule has 3 heterocycles. The van der Waals surface area contributed by atoms with Gasteiger partial charge < -0.3 is 9.67 Å². The summed E-state index contributed by atoms with van der Waals surface area (Å²) < 4.78 is 2.11. The fourth-order valence-electron chi connectivity index (χ4n) is 4.52. The number of rotatable bonds is 3. The van der Waals surface area contributed by atoms with Gasteiger partial charge in [0.1, 0.15) is 11.3 Å². The number of hydrogen-bond donors (Lipinski definition) is 1. The first kappa shape index (κ1) is 22.2. The van der Waals surface area contributed by atoms with Gasteiger partial charge in [0.2, 0.25) is 0 Å². The number of phenolic OH excluding ortho intramolecular Hbond substituents is 1. The normalized spacial score (nSPS) is 11.7. The number of hydrogen-bond acceptors (Lipinski definition) is 4. The zero-order chi connectivity index (χ0) is 22.6. The van der Waals surface area contributed by atoms with Crippen molar-refractivity contribution >= 4 is 32.7 Å². The van der Waals surface area contributed by atoms with Crippen LogP contribution in [-0.4, -0.2) is 24.6 Å². The summed E-state index contributed by atoms with van der Waals surface area (Å²) in [5.41, 5.74) is 4.06. The van der Waals surface area contributed by atoms with Gasteiger partial charge in [0.05, 0.1) is 6.20 Å². The van der Waals surface area contributed by atoms with E-state index in [0.717, 1.165) is 44.3 Å². The molecule has 5 nitrogen and oxygen atoms in total. The summed E-state index contributed by atoms with van der Waals surface area (Å²) in [6, 6.07) is 25.7. The van der Waals surface area contributed by atoms with Gasteiger partial charge in [-0.05, 0) is 23.6 Å². The molecule has 170 valence electrons. The monoisotopic (exact) mass is 624 g/mol. The van der Waals surface area contributed by atoms with Crippen molar-refractivity contribution in [2.24, 2.45) is 0 Å². The largest absolute Gasteiger partial charge is 0.506 e. The van der Waals surface area contributed by atoms with E-state index in [2.05, 4.69) is 58.7 Å². The summed E-state index contributed by atoms with van der Waals surface area (Å²) >= 11 is 0. The predicted molar refractivity (Wildman–Crippen MR) is 131 cm³/mol. The molecule has 0 bridgehead atoms. The van der Waals surface area contributed by atoms with Crippen molar-refractivity contribution in [2.45, 2.75) is 19.3 Å². The Morgan fingerprint density at radius 3 is 2.56 bits per heavy atom. The van der Waals surface area contributed by atoms with Gasteiger partial charge in [0.15, 0.2) is 5.82 Å². The Hall–Kier alpha value is -3.56. The maximum absolute atomic E-state index is 10.3. The minimum Gasteiger partial charge on any atom is -0.506 e. The second-order valence-electron chi connectivity index (χ2n) is 8.72. The average molecular weight is 625 g/mol. The van der Waals surface area contributed by atoms with E-state index in [0.29, 0.717) is 5.52 Å². The first-order valence-corrected chi connectivity index (χ1v) is 10.9. The van der Waals surface area contributed by atoms with Gasteiger partial charge in [0.25, 0.3) is 0 Å². The molecule has 0 saturated carbocycles. The van der Waals surface area contributed by atoms with Crippen molar-refractivity contribution in [3.63, 3.8) is 0 Å². The van der Waals surface area contributed by atoms with Crippen LogP contribution >= 0.6 is 0 Å². The van der Waals surface area contributed by atoms with E-state index in [-0.39, 0.29) is 26.8 Å². The molecule has 1 N–H and O–H groups in total. The van der Waals surface area contributed by atoms with Gasteiger partial charge in [-0.1, -0.05) is 55.8 Å². The van der Waals surface area contributed by atoms with E-state index < -0.39 is 5.41 Å². The molecule has 0 unspecified atom stereocenters. The first-order chi connectivity index (χ1) is 16.0. The Bertz CT molecular complexity index is 1660. The minimum absolute atomic E-state index is 0. The van der Waals surface area contributed by atoms with Crippen LogP contribution in [0, 0.1) is 6.07 Å². The van der Waals surface area contributed by atoms with Gasteiger partial charge in [0, 0.05) is 55.5 Å². The summed E-state index contributed by atoms with van der Waals surface area (Å²) in [4.78, 5) is 13.7. The molecule has 0 fully saturated rings. The number of pyridine rings is 1. The van der Waals surface area contributed by atoms with Crippen LogP contribution in [0.25, 0.3) is 38.5 Å². The van der Waals surface area contributed by atoms with E-state index in [1.165, 1.54) is 0 Å².